The van der Waals surface area contributed by atoms with Crippen LogP contribution in [0.1, 0.15) is 12.0 Å². The molecular formula is C27H23F3N4O2. The summed E-state index contributed by atoms with van der Waals surface area (Å²) in [6.45, 7) is 0.631. The van der Waals surface area contributed by atoms with E-state index in [1.165, 1.54) is 42.5 Å². The highest BCUT2D eigenvalue weighted by molar-refractivity contribution is 6.26. The fraction of sp³-hybridized carbons (Fsp3) is 0.185. The molecule has 3 N–H and O–H groups in total. The predicted octanol–water partition coefficient (Wildman–Crippen LogP) is 4.33. The third kappa shape index (κ3) is 4.22. The van der Waals surface area contributed by atoms with Gasteiger partial charge in [0.05, 0.1) is 17.1 Å². The van der Waals surface area contributed by atoms with Gasteiger partial charge in [0.15, 0.2) is 5.78 Å². The lowest BCUT2D eigenvalue weighted by atomic mass is 9.89. The summed E-state index contributed by atoms with van der Waals surface area (Å²) in [5.74, 6) is -3.04. The summed E-state index contributed by atoms with van der Waals surface area (Å²) in [7, 11) is 0. The Morgan fingerprint density at radius 3 is 2.42 bits per heavy atom. The zero-order chi connectivity index (χ0) is 25.4. The molecule has 0 bridgehead atoms. The average molecular weight is 493 g/mol. The van der Waals surface area contributed by atoms with E-state index in [1.807, 2.05) is 0 Å². The number of Topliss-reactive ketones (excluding diaryl/α,β-unsaturated/α-hetero) is 1. The summed E-state index contributed by atoms with van der Waals surface area (Å²) in [6, 6.07) is 15.7. The average Bonchev–Trinajstić information content (AvgIpc) is 3.14. The Kier molecular flexibility index (Phi) is 6.24. The van der Waals surface area contributed by atoms with E-state index < -0.39 is 35.1 Å². The quantitative estimate of drug-likeness (QED) is 0.501. The van der Waals surface area contributed by atoms with Crippen molar-refractivity contribution in [1.82, 2.24) is 0 Å². The lowest BCUT2D eigenvalue weighted by molar-refractivity contribution is -0.123. The number of carbonyl (C=O) groups is 2. The van der Waals surface area contributed by atoms with Crippen LogP contribution >= 0.6 is 0 Å². The monoisotopic (exact) mass is 492 g/mol. The minimum Gasteiger partial charge on any atom is -0.330 e. The number of amides is 1. The zero-order valence-corrected chi connectivity index (χ0v) is 19.2. The number of nitrogens with two attached hydrogens (primary N) is 1. The molecule has 3 aromatic carbocycles. The molecule has 9 heteroatoms. The smallest absolute Gasteiger partial charge is 0.263 e. The van der Waals surface area contributed by atoms with Crippen LogP contribution in [0.4, 0.5) is 30.2 Å². The molecule has 0 aliphatic carbocycles. The highest BCUT2D eigenvalue weighted by Gasteiger charge is 2.45. The van der Waals surface area contributed by atoms with Crippen molar-refractivity contribution in [2.45, 2.75) is 13.0 Å². The fourth-order valence-corrected chi connectivity index (χ4v) is 4.70. The SMILES string of the molecule is NCCC1CN2C(=C(C(=O)Nc3ccccc3F)C1=O)N(Cc1ccc(F)cc1)c1cc(F)ccc12. The van der Waals surface area contributed by atoms with Gasteiger partial charge in [-0.1, -0.05) is 24.3 Å². The van der Waals surface area contributed by atoms with Crippen molar-refractivity contribution in [3.8, 4) is 0 Å². The number of para-hydroxylation sites is 1. The third-order valence-corrected chi connectivity index (χ3v) is 6.39. The molecule has 1 unspecified atom stereocenters. The first-order valence-corrected chi connectivity index (χ1v) is 11.5. The predicted molar refractivity (Wildman–Crippen MR) is 131 cm³/mol. The molecule has 1 amide bonds. The van der Waals surface area contributed by atoms with Crippen molar-refractivity contribution in [3.05, 3.63) is 101 Å². The van der Waals surface area contributed by atoms with Crippen molar-refractivity contribution in [2.24, 2.45) is 11.7 Å². The van der Waals surface area contributed by atoms with Crippen LogP contribution in [0.25, 0.3) is 0 Å². The number of rotatable bonds is 6. The normalized spacial score (nSPS) is 16.8. The number of fused-ring (bicyclic) bond motifs is 3. The van der Waals surface area contributed by atoms with Gasteiger partial charge in [-0.15, -0.1) is 0 Å². The number of hydrogen-bond acceptors (Lipinski definition) is 5. The van der Waals surface area contributed by atoms with Crippen LogP contribution in [0.3, 0.4) is 0 Å². The molecule has 2 aliphatic heterocycles. The molecule has 0 spiro atoms. The third-order valence-electron chi connectivity index (χ3n) is 6.39. The first-order valence-electron chi connectivity index (χ1n) is 11.5. The standard InChI is InChI=1S/C27H23F3N4O2/c28-18-7-5-16(6-8-18)14-33-23-13-19(29)9-10-22(23)34-15-17(11-12-31)25(35)24(27(33)34)26(36)32-21-4-2-1-3-20(21)30/h1-10,13,17H,11-12,14-15,31H2,(H,32,36). The second-order valence-electron chi connectivity index (χ2n) is 8.73. The molecule has 0 fully saturated rings. The van der Waals surface area contributed by atoms with Gasteiger partial charge < -0.3 is 20.9 Å². The Balaban J connectivity index is 1.66. The minimum atomic E-state index is -0.774. The van der Waals surface area contributed by atoms with Gasteiger partial charge in [-0.05, 0) is 61.0 Å². The highest BCUT2D eigenvalue weighted by Crippen LogP contribution is 2.47. The van der Waals surface area contributed by atoms with Crippen LogP contribution in [0.5, 0.6) is 0 Å². The zero-order valence-electron chi connectivity index (χ0n) is 19.2. The van der Waals surface area contributed by atoms with E-state index in [4.69, 9.17) is 5.73 Å². The van der Waals surface area contributed by atoms with Gasteiger partial charge in [0.1, 0.15) is 28.8 Å². The van der Waals surface area contributed by atoms with Gasteiger partial charge in [-0.2, -0.15) is 0 Å². The number of nitrogens with one attached hydrogen (secondary N) is 1. The van der Waals surface area contributed by atoms with E-state index in [9.17, 15) is 22.8 Å². The van der Waals surface area contributed by atoms with Crippen molar-refractivity contribution in [2.75, 3.05) is 28.2 Å². The van der Waals surface area contributed by atoms with Crippen molar-refractivity contribution in [1.29, 1.82) is 0 Å². The molecule has 5 rings (SSSR count). The maximum atomic E-state index is 14.4. The molecule has 3 aromatic rings. The van der Waals surface area contributed by atoms with Crippen molar-refractivity contribution >= 4 is 28.8 Å². The van der Waals surface area contributed by atoms with Gasteiger partial charge in [-0.25, -0.2) is 13.2 Å². The van der Waals surface area contributed by atoms with Crippen LogP contribution in [0, 0.1) is 23.4 Å². The van der Waals surface area contributed by atoms with Crippen LogP contribution in [-0.2, 0) is 16.1 Å². The lowest BCUT2D eigenvalue weighted by Crippen LogP contribution is -2.45. The van der Waals surface area contributed by atoms with Crippen molar-refractivity contribution < 1.29 is 22.8 Å². The van der Waals surface area contributed by atoms with Gasteiger partial charge >= 0.3 is 0 Å². The topological polar surface area (TPSA) is 78.7 Å². The molecule has 36 heavy (non-hydrogen) atoms. The van der Waals surface area contributed by atoms with E-state index in [0.29, 0.717) is 23.4 Å². The molecule has 0 radical (unpaired) electrons. The Labute approximate surface area is 205 Å². The first-order chi connectivity index (χ1) is 17.4. The molecule has 6 nitrogen and oxygen atoms in total. The molecular weight excluding hydrogens is 469 g/mol. The molecule has 2 heterocycles. The number of hydrogen-bond donors (Lipinski definition) is 2. The number of anilines is 3. The summed E-state index contributed by atoms with van der Waals surface area (Å²) in [6.07, 6.45) is 0.341. The molecule has 0 saturated heterocycles. The van der Waals surface area contributed by atoms with Crippen LogP contribution < -0.4 is 20.9 Å². The number of carbonyl (C=O) groups excluding carboxylic acids is 2. The summed E-state index contributed by atoms with van der Waals surface area (Å²) in [5, 5.41) is 2.51. The van der Waals surface area contributed by atoms with Gasteiger partial charge in [0.2, 0.25) is 0 Å². The minimum absolute atomic E-state index is 0.0671. The number of benzene rings is 3. The Bertz CT molecular complexity index is 1370. The Morgan fingerprint density at radius 2 is 1.69 bits per heavy atom. The number of halogens is 3. The second kappa shape index (κ2) is 9.50. The fourth-order valence-electron chi connectivity index (χ4n) is 4.70. The lowest BCUT2D eigenvalue weighted by Gasteiger charge is -2.35. The maximum absolute atomic E-state index is 14.4. The Hall–Kier alpha value is -4.11. The number of ketones is 1. The molecule has 1 atom stereocenters. The van der Waals surface area contributed by atoms with E-state index >= 15 is 0 Å². The Morgan fingerprint density at radius 1 is 0.972 bits per heavy atom. The van der Waals surface area contributed by atoms with Gasteiger partial charge in [0, 0.05) is 19.0 Å². The molecule has 184 valence electrons. The van der Waals surface area contributed by atoms with Crippen LogP contribution in [-0.4, -0.2) is 24.8 Å². The largest absolute Gasteiger partial charge is 0.330 e. The van der Waals surface area contributed by atoms with Crippen LogP contribution in [0.2, 0.25) is 0 Å². The van der Waals surface area contributed by atoms with E-state index in [2.05, 4.69) is 5.32 Å². The van der Waals surface area contributed by atoms with E-state index in [-0.39, 0.29) is 36.7 Å². The highest BCUT2D eigenvalue weighted by atomic mass is 19.1. The van der Waals surface area contributed by atoms with Crippen LogP contribution in [0.15, 0.2) is 78.1 Å². The number of nitrogens with zero attached hydrogens (tertiary/aromatic N) is 2. The van der Waals surface area contributed by atoms with E-state index in [1.54, 1.807) is 34.1 Å². The molecule has 0 aromatic heterocycles. The van der Waals surface area contributed by atoms with Gasteiger partial charge in [-0.3, -0.25) is 9.59 Å². The summed E-state index contributed by atoms with van der Waals surface area (Å²) < 4.78 is 42.2. The molecule has 0 saturated carbocycles. The maximum Gasteiger partial charge on any atom is 0.263 e. The summed E-state index contributed by atoms with van der Waals surface area (Å²) in [4.78, 5) is 30.6. The first kappa shape index (κ1) is 23.6. The second-order valence-corrected chi connectivity index (χ2v) is 8.73. The summed E-state index contributed by atoms with van der Waals surface area (Å²) >= 11 is 0. The van der Waals surface area contributed by atoms with E-state index in [0.717, 1.165) is 0 Å². The van der Waals surface area contributed by atoms with Crippen molar-refractivity contribution in [3.63, 3.8) is 0 Å². The van der Waals surface area contributed by atoms with Gasteiger partial charge in [0.25, 0.3) is 5.91 Å². The summed E-state index contributed by atoms with van der Waals surface area (Å²) in [5.41, 5.74) is 7.30. The molecule has 2 aliphatic rings.